The Morgan fingerprint density at radius 3 is 3.00 bits per heavy atom. The van der Waals surface area contributed by atoms with E-state index in [1.165, 1.54) is 18.4 Å². The van der Waals surface area contributed by atoms with Gasteiger partial charge in [-0.25, -0.2) is 4.98 Å². The van der Waals surface area contributed by atoms with Crippen molar-refractivity contribution in [2.45, 2.75) is 38.8 Å². The van der Waals surface area contributed by atoms with E-state index in [4.69, 9.17) is 5.26 Å². The number of aromatic nitrogens is 1. The van der Waals surface area contributed by atoms with Gasteiger partial charge in [0.15, 0.2) is 0 Å². The zero-order valence-electron chi connectivity index (χ0n) is 9.90. The molecular formula is C13H17N3. The Balaban J connectivity index is 2.12. The minimum Gasteiger partial charge on any atom is -0.294 e. The highest BCUT2D eigenvalue weighted by Gasteiger charge is 2.31. The van der Waals surface area contributed by atoms with Gasteiger partial charge in [0.25, 0.3) is 0 Å². The maximum atomic E-state index is 8.80. The molecule has 1 aliphatic heterocycles. The van der Waals surface area contributed by atoms with Crippen molar-refractivity contribution in [1.82, 2.24) is 9.88 Å². The second-order valence-electron chi connectivity index (χ2n) is 5.00. The fourth-order valence-corrected chi connectivity index (χ4v) is 2.31. The van der Waals surface area contributed by atoms with Crippen LogP contribution in [0, 0.1) is 11.3 Å². The normalized spacial score (nSPS) is 19.6. The van der Waals surface area contributed by atoms with Gasteiger partial charge in [-0.1, -0.05) is 0 Å². The standard InChI is InChI=1S/C13H17N3/c1-13(2)5-3-7-16(13)10-11-4-6-15-12(8-11)9-14/h4,6,8H,3,5,7,10H2,1-2H3. The van der Waals surface area contributed by atoms with Crippen molar-refractivity contribution in [3.8, 4) is 6.07 Å². The molecule has 0 radical (unpaired) electrons. The molecular weight excluding hydrogens is 198 g/mol. The van der Waals surface area contributed by atoms with Crippen LogP contribution in [0.4, 0.5) is 0 Å². The number of pyridine rings is 1. The summed E-state index contributed by atoms with van der Waals surface area (Å²) in [6.07, 6.45) is 4.24. The zero-order chi connectivity index (χ0) is 11.6. The highest BCUT2D eigenvalue weighted by Crippen LogP contribution is 2.29. The molecule has 3 heteroatoms. The van der Waals surface area contributed by atoms with Crippen LogP contribution in [0.15, 0.2) is 18.3 Å². The number of hydrogen-bond acceptors (Lipinski definition) is 3. The predicted molar refractivity (Wildman–Crippen MR) is 62.7 cm³/mol. The summed E-state index contributed by atoms with van der Waals surface area (Å²) in [4.78, 5) is 6.46. The Hall–Kier alpha value is -1.40. The maximum absolute atomic E-state index is 8.80. The van der Waals surface area contributed by atoms with Crippen LogP contribution in [0.3, 0.4) is 0 Å². The van der Waals surface area contributed by atoms with Gasteiger partial charge in [-0.2, -0.15) is 5.26 Å². The lowest BCUT2D eigenvalue weighted by Gasteiger charge is -2.31. The summed E-state index contributed by atoms with van der Waals surface area (Å²) in [5.41, 5.74) is 1.98. The molecule has 0 amide bonds. The SMILES string of the molecule is CC1(C)CCCN1Cc1ccnc(C#N)c1. The van der Waals surface area contributed by atoms with Crippen molar-refractivity contribution in [2.75, 3.05) is 6.54 Å². The molecule has 1 aromatic heterocycles. The van der Waals surface area contributed by atoms with E-state index in [0.717, 1.165) is 13.1 Å². The molecule has 2 heterocycles. The summed E-state index contributed by atoms with van der Waals surface area (Å²) in [6, 6.07) is 5.96. The number of nitrogens with zero attached hydrogens (tertiary/aromatic N) is 3. The molecule has 0 aromatic carbocycles. The number of nitriles is 1. The first-order valence-electron chi connectivity index (χ1n) is 5.72. The van der Waals surface area contributed by atoms with E-state index in [1.54, 1.807) is 6.20 Å². The number of hydrogen-bond donors (Lipinski definition) is 0. The minimum absolute atomic E-state index is 0.288. The average molecular weight is 215 g/mol. The van der Waals surface area contributed by atoms with Crippen molar-refractivity contribution >= 4 is 0 Å². The fraction of sp³-hybridized carbons (Fsp3) is 0.538. The van der Waals surface area contributed by atoms with Crippen molar-refractivity contribution in [3.05, 3.63) is 29.6 Å². The highest BCUT2D eigenvalue weighted by atomic mass is 15.2. The van der Waals surface area contributed by atoms with Gasteiger partial charge in [0.05, 0.1) is 0 Å². The van der Waals surface area contributed by atoms with E-state index in [2.05, 4.69) is 29.8 Å². The molecule has 0 saturated carbocycles. The van der Waals surface area contributed by atoms with E-state index in [9.17, 15) is 0 Å². The van der Waals surface area contributed by atoms with Gasteiger partial charge in [0.1, 0.15) is 11.8 Å². The zero-order valence-corrected chi connectivity index (χ0v) is 9.90. The van der Waals surface area contributed by atoms with Gasteiger partial charge in [0, 0.05) is 18.3 Å². The lowest BCUT2D eigenvalue weighted by molar-refractivity contribution is 0.166. The summed E-state index contributed by atoms with van der Waals surface area (Å²) < 4.78 is 0. The number of rotatable bonds is 2. The molecule has 1 fully saturated rings. The molecule has 1 aromatic rings. The monoisotopic (exact) mass is 215 g/mol. The largest absolute Gasteiger partial charge is 0.294 e. The molecule has 1 saturated heterocycles. The second kappa shape index (κ2) is 4.23. The first-order valence-corrected chi connectivity index (χ1v) is 5.72. The van der Waals surface area contributed by atoms with E-state index in [-0.39, 0.29) is 5.54 Å². The summed E-state index contributed by atoms with van der Waals surface area (Å²) in [5, 5.41) is 8.80. The molecule has 1 aliphatic rings. The Bertz CT molecular complexity index is 417. The van der Waals surface area contributed by atoms with Crippen LogP contribution in [0.2, 0.25) is 0 Å². The first-order chi connectivity index (χ1) is 7.62. The van der Waals surface area contributed by atoms with Crippen LogP contribution in [-0.4, -0.2) is 22.0 Å². The highest BCUT2D eigenvalue weighted by molar-refractivity contribution is 5.25. The third-order valence-electron chi connectivity index (χ3n) is 3.39. The van der Waals surface area contributed by atoms with E-state index in [1.807, 2.05) is 12.1 Å². The summed E-state index contributed by atoms with van der Waals surface area (Å²) >= 11 is 0. The van der Waals surface area contributed by atoms with Gasteiger partial charge < -0.3 is 0 Å². The fourth-order valence-electron chi connectivity index (χ4n) is 2.31. The Morgan fingerprint density at radius 2 is 2.38 bits per heavy atom. The lowest BCUT2D eigenvalue weighted by Crippen LogP contribution is -2.37. The summed E-state index contributed by atoms with van der Waals surface area (Å²) in [6.45, 7) is 6.64. The minimum atomic E-state index is 0.288. The van der Waals surface area contributed by atoms with Crippen LogP contribution in [0.5, 0.6) is 0 Å². The maximum Gasteiger partial charge on any atom is 0.140 e. The molecule has 0 unspecified atom stereocenters. The van der Waals surface area contributed by atoms with E-state index in [0.29, 0.717) is 5.69 Å². The quantitative estimate of drug-likeness (QED) is 0.760. The number of likely N-dealkylation sites (tertiary alicyclic amines) is 1. The molecule has 84 valence electrons. The molecule has 3 nitrogen and oxygen atoms in total. The van der Waals surface area contributed by atoms with Gasteiger partial charge in [-0.3, -0.25) is 4.90 Å². The van der Waals surface area contributed by atoms with Crippen LogP contribution in [0.25, 0.3) is 0 Å². The van der Waals surface area contributed by atoms with Crippen LogP contribution >= 0.6 is 0 Å². The van der Waals surface area contributed by atoms with Crippen LogP contribution < -0.4 is 0 Å². The molecule has 0 bridgehead atoms. The van der Waals surface area contributed by atoms with E-state index < -0.39 is 0 Å². The third-order valence-corrected chi connectivity index (χ3v) is 3.39. The molecule has 16 heavy (non-hydrogen) atoms. The molecule has 0 atom stereocenters. The van der Waals surface area contributed by atoms with E-state index >= 15 is 0 Å². The summed E-state index contributed by atoms with van der Waals surface area (Å²) in [5.74, 6) is 0. The Morgan fingerprint density at radius 1 is 1.56 bits per heavy atom. The van der Waals surface area contributed by atoms with Gasteiger partial charge in [-0.15, -0.1) is 0 Å². The third kappa shape index (κ3) is 2.23. The molecule has 0 N–H and O–H groups in total. The molecule has 0 spiro atoms. The van der Waals surface area contributed by atoms with Gasteiger partial charge >= 0.3 is 0 Å². The molecule has 0 aliphatic carbocycles. The van der Waals surface area contributed by atoms with Crippen molar-refractivity contribution < 1.29 is 0 Å². The van der Waals surface area contributed by atoms with Crippen LogP contribution in [0.1, 0.15) is 37.9 Å². The van der Waals surface area contributed by atoms with Gasteiger partial charge in [0.2, 0.25) is 0 Å². The Kier molecular flexibility index (Phi) is 2.93. The van der Waals surface area contributed by atoms with Crippen molar-refractivity contribution in [2.24, 2.45) is 0 Å². The van der Waals surface area contributed by atoms with Gasteiger partial charge in [-0.05, 0) is 50.9 Å². The topological polar surface area (TPSA) is 39.9 Å². The second-order valence-corrected chi connectivity index (χ2v) is 5.00. The first kappa shape index (κ1) is 11.1. The molecule has 2 rings (SSSR count). The van der Waals surface area contributed by atoms with Crippen molar-refractivity contribution in [3.63, 3.8) is 0 Å². The predicted octanol–water partition coefficient (Wildman–Crippen LogP) is 2.33. The Labute approximate surface area is 96.7 Å². The van der Waals surface area contributed by atoms with Crippen molar-refractivity contribution in [1.29, 1.82) is 5.26 Å². The van der Waals surface area contributed by atoms with Crippen LogP contribution in [-0.2, 0) is 6.54 Å². The smallest absolute Gasteiger partial charge is 0.140 e. The average Bonchev–Trinajstić information content (AvgIpc) is 2.59. The summed E-state index contributed by atoms with van der Waals surface area (Å²) in [7, 11) is 0. The lowest BCUT2D eigenvalue weighted by atomic mass is 10.0.